The molecule has 1 atom stereocenters. The molecule has 0 aliphatic rings. The normalized spacial score (nSPS) is 13.6. The summed E-state index contributed by atoms with van der Waals surface area (Å²) in [5.41, 5.74) is -1.32. The number of hydrogen-bond donors (Lipinski definition) is 1. The van der Waals surface area contributed by atoms with Crippen LogP contribution < -0.4 is 5.32 Å². The van der Waals surface area contributed by atoms with Crippen LogP contribution >= 0.6 is 11.6 Å². The maximum atomic E-state index is 17.5. The van der Waals surface area contributed by atoms with E-state index >= 15 is 4.39 Å². The Kier molecular flexibility index (Phi) is 7.83. The fourth-order valence-corrected chi connectivity index (χ4v) is 8.10. The minimum Gasteiger partial charge on any atom is -0.444 e. The van der Waals surface area contributed by atoms with E-state index < -0.39 is 51.5 Å². The molecule has 1 unspecified atom stereocenters. The molecule has 3 aromatic rings. The Bertz CT molecular complexity index is 1370. The van der Waals surface area contributed by atoms with Crippen LogP contribution in [0.2, 0.25) is 5.02 Å². The lowest BCUT2D eigenvalue weighted by molar-refractivity contribution is 0.0481. The first-order chi connectivity index (χ1) is 16.7. The van der Waals surface area contributed by atoms with E-state index in [9.17, 15) is 21.6 Å². The van der Waals surface area contributed by atoms with Gasteiger partial charge in [0.25, 0.3) is 0 Å². The van der Waals surface area contributed by atoms with Crippen LogP contribution in [0.4, 0.5) is 9.18 Å². The molecule has 0 aromatic heterocycles. The summed E-state index contributed by atoms with van der Waals surface area (Å²) in [6.07, 6.45) is -1.24. The number of alkyl halides is 1. The van der Waals surface area contributed by atoms with Gasteiger partial charge in [0.2, 0.25) is 19.7 Å². The molecule has 1 N–H and O–H groups in total. The first-order valence-electron chi connectivity index (χ1n) is 10.7. The van der Waals surface area contributed by atoms with Crippen LogP contribution in [0, 0.1) is 0 Å². The first kappa shape index (κ1) is 27.6. The van der Waals surface area contributed by atoms with Crippen molar-refractivity contribution >= 4 is 37.4 Å². The van der Waals surface area contributed by atoms with Gasteiger partial charge >= 0.3 is 10.4 Å². The van der Waals surface area contributed by atoms with Gasteiger partial charge in [0.05, 0.1) is 9.79 Å². The van der Waals surface area contributed by atoms with E-state index in [-0.39, 0.29) is 10.6 Å². The summed E-state index contributed by atoms with van der Waals surface area (Å²) < 4.78 is 74.1. The number of alkyl carbamates (subject to hydrolysis) is 1. The predicted molar refractivity (Wildman–Crippen MR) is 135 cm³/mol. The number of benzene rings is 3. The number of amides is 1. The van der Waals surface area contributed by atoms with Gasteiger partial charge in [0, 0.05) is 5.02 Å². The zero-order valence-corrected chi connectivity index (χ0v) is 22.1. The molecule has 1 amide bonds. The van der Waals surface area contributed by atoms with Gasteiger partial charge in [-0.3, -0.25) is 0 Å². The van der Waals surface area contributed by atoms with Crippen LogP contribution in [0.15, 0.2) is 94.7 Å². The molecule has 11 heteroatoms. The van der Waals surface area contributed by atoms with E-state index in [1.54, 1.807) is 20.8 Å². The molecular weight excluding hydrogens is 529 g/mol. The van der Waals surface area contributed by atoms with Gasteiger partial charge in [-0.15, -0.1) is 0 Å². The third-order valence-electron chi connectivity index (χ3n) is 5.06. The van der Waals surface area contributed by atoms with Crippen LogP contribution in [-0.2, 0) is 24.4 Å². The van der Waals surface area contributed by atoms with Crippen molar-refractivity contribution in [3.8, 4) is 0 Å². The monoisotopic (exact) mass is 553 g/mol. The Hall–Kier alpha value is -2.95. The number of hydrogen-bond acceptors (Lipinski definition) is 6. The van der Waals surface area contributed by atoms with Crippen molar-refractivity contribution in [2.24, 2.45) is 0 Å². The van der Waals surface area contributed by atoms with Crippen LogP contribution in [0.5, 0.6) is 0 Å². The molecule has 0 fully saturated rings. The fraction of sp³-hybridized carbons (Fsp3) is 0.240. The van der Waals surface area contributed by atoms with E-state index in [0.29, 0.717) is 0 Å². The number of rotatable bonds is 7. The van der Waals surface area contributed by atoms with E-state index in [4.69, 9.17) is 16.3 Å². The second kappa shape index (κ2) is 10.2. The Balaban J connectivity index is 2.39. The summed E-state index contributed by atoms with van der Waals surface area (Å²) in [6, 6.07) is 15.7. The number of carbonyl (C=O) groups excluding carboxylic acids is 1. The van der Waals surface area contributed by atoms with E-state index in [1.165, 1.54) is 60.7 Å². The molecule has 3 aromatic carbocycles. The molecule has 0 heterocycles. The molecule has 0 saturated carbocycles. The van der Waals surface area contributed by atoms with Crippen molar-refractivity contribution < 1.29 is 30.8 Å². The standard InChI is InChI=1S/C25H25ClFNO6S2/c1-24(2,3)34-23(29)28-22(20-16-10-11-17-21(20)26)25(27,35(30,31)18-12-6-4-7-13-18)36(32,33)19-14-8-5-9-15-19/h4-17,22H,1-3H3,(H,28,29). The lowest BCUT2D eigenvalue weighted by Gasteiger charge is -2.34. The molecule has 36 heavy (non-hydrogen) atoms. The Morgan fingerprint density at radius 2 is 1.22 bits per heavy atom. The highest BCUT2D eigenvalue weighted by atomic mass is 35.5. The number of sulfone groups is 2. The van der Waals surface area contributed by atoms with E-state index in [2.05, 4.69) is 5.32 Å². The molecule has 0 bridgehead atoms. The number of nitrogens with one attached hydrogen (secondary N) is 1. The summed E-state index contributed by atoms with van der Waals surface area (Å²) in [7, 11) is -10.7. The summed E-state index contributed by atoms with van der Waals surface area (Å²) in [4.78, 5) is 11.6. The van der Waals surface area contributed by atoms with Gasteiger partial charge in [-0.25, -0.2) is 26.0 Å². The topological polar surface area (TPSA) is 107 Å². The third kappa shape index (κ3) is 5.25. The van der Waals surface area contributed by atoms with Gasteiger partial charge in [0.1, 0.15) is 11.6 Å². The average Bonchev–Trinajstić information content (AvgIpc) is 2.82. The molecular formula is C25H25ClFNO6S2. The van der Waals surface area contributed by atoms with Crippen molar-refractivity contribution in [3.05, 3.63) is 95.5 Å². The molecule has 0 radical (unpaired) electrons. The molecule has 192 valence electrons. The quantitative estimate of drug-likeness (QED) is 0.415. The average molecular weight is 554 g/mol. The second-order valence-electron chi connectivity index (χ2n) is 8.82. The summed E-state index contributed by atoms with van der Waals surface area (Å²) in [5.74, 6) is 0. The number of carbonyl (C=O) groups is 1. The van der Waals surface area contributed by atoms with Gasteiger partial charge in [0.15, 0.2) is 0 Å². The van der Waals surface area contributed by atoms with Gasteiger partial charge in [-0.1, -0.05) is 66.2 Å². The second-order valence-corrected chi connectivity index (χ2v) is 13.6. The lowest BCUT2D eigenvalue weighted by atomic mass is 10.1. The fourth-order valence-electron chi connectivity index (χ4n) is 3.46. The first-order valence-corrected chi connectivity index (χ1v) is 14.1. The SMILES string of the molecule is CC(C)(C)OC(=O)NC(c1ccccc1Cl)C(F)(S(=O)(=O)c1ccccc1)S(=O)(=O)c1ccccc1. The molecule has 0 aliphatic carbocycles. The van der Waals surface area contributed by atoms with Crippen LogP contribution in [0.3, 0.4) is 0 Å². The highest BCUT2D eigenvalue weighted by Gasteiger charge is 2.64. The molecule has 0 aliphatic heterocycles. The van der Waals surface area contributed by atoms with Crippen molar-refractivity contribution in [1.82, 2.24) is 5.32 Å². The van der Waals surface area contributed by atoms with Gasteiger partial charge in [-0.05, 0) is 56.7 Å². The van der Waals surface area contributed by atoms with Crippen molar-refractivity contribution in [2.45, 2.75) is 46.5 Å². The highest BCUT2D eigenvalue weighted by Crippen LogP contribution is 2.47. The molecule has 3 rings (SSSR count). The number of ether oxygens (including phenoxy) is 1. The molecule has 0 saturated heterocycles. The zero-order valence-electron chi connectivity index (χ0n) is 19.7. The Labute approximate surface area is 215 Å². The minimum atomic E-state index is -5.34. The Morgan fingerprint density at radius 3 is 1.64 bits per heavy atom. The smallest absolute Gasteiger partial charge is 0.408 e. The lowest BCUT2D eigenvalue weighted by Crippen LogP contribution is -2.54. The highest BCUT2D eigenvalue weighted by molar-refractivity contribution is 8.10. The summed E-state index contributed by atoms with van der Waals surface area (Å²) >= 11 is 6.29. The zero-order chi connectivity index (χ0) is 26.8. The van der Waals surface area contributed by atoms with Gasteiger partial charge in [-0.2, -0.15) is 0 Å². The van der Waals surface area contributed by atoms with Crippen LogP contribution in [-0.4, -0.2) is 32.9 Å². The van der Waals surface area contributed by atoms with E-state index in [1.807, 2.05) is 0 Å². The van der Waals surface area contributed by atoms with Crippen molar-refractivity contribution in [3.63, 3.8) is 0 Å². The maximum Gasteiger partial charge on any atom is 0.408 e. The van der Waals surface area contributed by atoms with Gasteiger partial charge < -0.3 is 10.1 Å². The predicted octanol–water partition coefficient (Wildman–Crippen LogP) is 5.48. The maximum absolute atomic E-state index is 17.5. The van der Waals surface area contributed by atoms with Crippen molar-refractivity contribution in [2.75, 3.05) is 0 Å². The van der Waals surface area contributed by atoms with Crippen molar-refractivity contribution in [1.29, 1.82) is 0 Å². The van der Waals surface area contributed by atoms with Crippen LogP contribution in [0.25, 0.3) is 0 Å². The van der Waals surface area contributed by atoms with E-state index in [0.717, 1.165) is 24.3 Å². The minimum absolute atomic E-state index is 0.160. The molecule has 7 nitrogen and oxygen atoms in total. The largest absolute Gasteiger partial charge is 0.444 e. The van der Waals surface area contributed by atoms with Crippen LogP contribution in [0.1, 0.15) is 32.4 Å². The summed E-state index contributed by atoms with van der Waals surface area (Å²) in [6.45, 7) is 4.63. The Morgan fingerprint density at radius 1 is 0.806 bits per heavy atom. The third-order valence-corrected chi connectivity index (χ3v) is 10.4. The molecule has 0 spiro atoms. The number of halogens is 2. The summed E-state index contributed by atoms with van der Waals surface area (Å²) in [5, 5.41) is 1.98.